The van der Waals surface area contributed by atoms with Gasteiger partial charge in [-0.1, -0.05) is 6.42 Å². The van der Waals surface area contributed by atoms with Crippen LogP contribution in [0.25, 0.3) is 0 Å². The number of hydrogen-bond acceptors (Lipinski definition) is 2. The summed E-state index contributed by atoms with van der Waals surface area (Å²) in [5.74, 6) is 0. The fourth-order valence-corrected chi connectivity index (χ4v) is 4.18. The lowest BCUT2D eigenvalue weighted by molar-refractivity contribution is 0.530. The Labute approximate surface area is 116 Å². The van der Waals surface area contributed by atoms with Crippen molar-refractivity contribution in [2.24, 2.45) is 0 Å². The van der Waals surface area contributed by atoms with E-state index in [0.29, 0.717) is 6.04 Å². The first kappa shape index (κ1) is 14.0. The fourth-order valence-electron chi connectivity index (χ4n) is 3.22. The maximum atomic E-state index is 3.77. The van der Waals surface area contributed by atoms with E-state index in [0.717, 1.165) is 18.3 Å². The summed E-state index contributed by atoms with van der Waals surface area (Å²) in [6, 6.07) is 3.05. The Morgan fingerprint density at radius 3 is 2.78 bits per heavy atom. The SMILES string of the molecule is CCn1c(C)cc(CNC2CCCC2SC)c1C. The first-order valence-corrected chi connectivity index (χ1v) is 8.38. The van der Waals surface area contributed by atoms with Gasteiger partial charge in [-0.15, -0.1) is 0 Å². The molecule has 1 aliphatic carbocycles. The number of aryl methyl sites for hydroxylation is 1. The number of nitrogens with one attached hydrogen (secondary N) is 1. The molecule has 0 amide bonds. The maximum absolute atomic E-state index is 3.77. The molecule has 0 aromatic carbocycles. The van der Waals surface area contributed by atoms with Gasteiger partial charge in [-0.2, -0.15) is 11.8 Å². The van der Waals surface area contributed by atoms with Crippen molar-refractivity contribution in [1.29, 1.82) is 0 Å². The van der Waals surface area contributed by atoms with Crippen LogP contribution in [0.1, 0.15) is 43.1 Å². The zero-order chi connectivity index (χ0) is 13.1. The summed E-state index contributed by atoms with van der Waals surface area (Å²) in [6.07, 6.45) is 6.36. The van der Waals surface area contributed by atoms with Gasteiger partial charge in [0.15, 0.2) is 0 Å². The van der Waals surface area contributed by atoms with Gasteiger partial charge in [-0.25, -0.2) is 0 Å². The molecule has 102 valence electrons. The largest absolute Gasteiger partial charge is 0.349 e. The minimum atomic E-state index is 0.713. The average Bonchev–Trinajstić information content (AvgIpc) is 2.91. The Morgan fingerprint density at radius 1 is 1.39 bits per heavy atom. The number of aromatic nitrogens is 1. The number of rotatable bonds is 5. The summed E-state index contributed by atoms with van der Waals surface area (Å²) in [5.41, 5.74) is 4.29. The Hall–Kier alpha value is -0.410. The summed E-state index contributed by atoms with van der Waals surface area (Å²) in [4.78, 5) is 0. The smallest absolute Gasteiger partial charge is 0.0226 e. The van der Waals surface area contributed by atoms with Crippen LogP contribution in [0.4, 0.5) is 0 Å². The van der Waals surface area contributed by atoms with Crippen molar-refractivity contribution in [1.82, 2.24) is 9.88 Å². The highest BCUT2D eigenvalue weighted by Crippen LogP contribution is 2.28. The van der Waals surface area contributed by atoms with E-state index in [1.165, 1.54) is 36.2 Å². The van der Waals surface area contributed by atoms with Gasteiger partial charge in [0.05, 0.1) is 0 Å². The van der Waals surface area contributed by atoms with Gasteiger partial charge in [-0.05, 0) is 51.5 Å². The van der Waals surface area contributed by atoms with Crippen LogP contribution < -0.4 is 5.32 Å². The Morgan fingerprint density at radius 2 is 2.17 bits per heavy atom. The van der Waals surface area contributed by atoms with Crippen molar-refractivity contribution in [3.8, 4) is 0 Å². The van der Waals surface area contributed by atoms with Crippen molar-refractivity contribution >= 4 is 11.8 Å². The molecule has 0 radical (unpaired) electrons. The summed E-state index contributed by atoms with van der Waals surface area (Å²) in [5, 5.41) is 4.59. The van der Waals surface area contributed by atoms with E-state index >= 15 is 0 Å². The summed E-state index contributed by atoms with van der Waals surface area (Å²) < 4.78 is 2.40. The standard InChI is InChI=1S/C15H26N2S/c1-5-17-11(2)9-13(12(17)3)10-16-14-7-6-8-15(14)18-4/h9,14-16H,5-8,10H2,1-4H3. The van der Waals surface area contributed by atoms with Gasteiger partial charge in [0, 0.05) is 35.8 Å². The lowest BCUT2D eigenvalue weighted by Crippen LogP contribution is -2.33. The Bertz CT molecular complexity index is 397. The zero-order valence-electron chi connectivity index (χ0n) is 12.1. The summed E-state index contributed by atoms with van der Waals surface area (Å²) >= 11 is 2.03. The minimum Gasteiger partial charge on any atom is -0.349 e. The quantitative estimate of drug-likeness (QED) is 0.878. The molecular weight excluding hydrogens is 240 g/mol. The van der Waals surface area contributed by atoms with Gasteiger partial charge < -0.3 is 9.88 Å². The minimum absolute atomic E-state index is 0.713. The molecule has 1 fully saturated rings. The zero-order valence-corrected chi connectivity index (χ0v) is 12.9. The molecule has 0 bridgehead atoms. The summed E-state index contributed by atoms with van der Waals surface area (Å²) in [7, 11) is 0. The van der Waals surface area contributed by atoms with Gasteiger partial charge in [0.1, 0.15) is 0 Å². The number of nitrogens with zero attached hydrogens (tertiary/aromatic N) is 1. The molecule has 0 spiro atoms. The molecular formula is C15H26N2S. The van der Waals surface area contributed by atoms with Crippen LogP contribution in [0.3, 0.4) is 0 Å². The van der Waals surface area contributed by atoms with Crippen LogP contribution >= 0.6 is 11.8 Å². The van der Waals surface area contributed by atoms with Crippen molar-refractivity contribution < 1.29 is 0 Å². The molecule has 0 aliphatic heterocycles. The van der Waals surface area contributed by atoms with Crippen molar-refractivity contribution in [3.05, 3.63) is 23.0 Å². The van der Waals surface area contributed by atoms with Crippen LogP contribution in [0.15, 0.2) is 6.07 Å². The molecule has 2 atom stereocenters. The molecule has 2 unspecified atom stereocenters. The molecule has 3 heteroatoms. The van der Waals surface area contributed by atoms with Gasteiger partial charge in [0.25, 0.3) is 0 Å². The third-order valence-corrected chi connectivity index (χ3v) is 5.47. The predicted molar refractivity (Wildman–Crippen MR) is 81.4 cm³/mol. The topological polar surface area (TPSA) is 17.0 Å². The highest BCUT2D eigenvalue weighted by Gasteiger charge is 2.26. The van der Waals surface area contributed by atoms with Crippen LogP contribution in [-0.4, -0.2) is 22.1 Å². The summed E-state index contributed by atoms with van der Waals surface area (Å²) in [6.45, 7) is 8.78. The normalized spacial score (nSPS) is 23.8. The van der Waals surface area contributed by atoms with E-state index in [-0.39, 0.29) is 0 Å². The van der Waals surface area contributed by atoms with Crippen LogP contribution in [-0.2, 0) is 13.1 Å². The van der Waals surface area contributed by atoms with Crippen LogP contribution in [0.5, 0.6) is 0 Å². The van der Waals surface area contributed by atoms with Crippen LogP contribution in [0.2, 0.25) is 0 Å². The molecule has 1 aliphatic rings. The molecule has 1 aromatic heterocycles. The highest BCUT2D eigenvalue weighted by atomic mass is 32.2. The molecule has 18 heavy (non-hydrogen) atoms. The van der Waals surface area contributed by atoms with Gasteiger partial charge >= 0.3 is 0 Å². The Kier molecular flexibility index (Phi) is 4.79. The first-order chi connectivity index (χ1) is 8.67. The van der Waals surface area contributed by atoms with E-state index in [1.54, 1.807) is 0 Å². The lowest BCUT2D eigenvalue weighted by atomic mass is 10.2. The van der Waals surface area contributed by atoms with Crippen molar-refractivity contribution in [2.45, 2.75) is 64.4 Å². The number of hydrogen-bond donors (Lipinski definition) is 1. The molecule has 2 rings (SSSR count). The van der Waals surface area contributed by atoms with E-state index < -0.39 is 0 Å². The number of thioether (sulfide) groups is 1. The van der Waals surface area contributed by atoms with E-state index in [1.807, 2.05) is 11.8 Å². The average molecular weight is 266 g/mol. The molecule has 1 N–H and O–H groups in total. The monoisotopic (exact) mass is 266 g/mol. The van der Waals surface area contributed by atoms with Crippen molar-refractivity contribution in [3.63, 3.8) is 0 Å². The molecule has 1 aromatic rings. The van der Waals surface area contributed by atoms with E-state index in [9.17, 15) is 0 Å². The molecule has 1 saturated carbocycles. The van der Waals surface area contributed by atoms with Gasteiger partial charge in [-0.3, -0.25) is 0 Å². The van der Waals surface area contributed by atoms with Crippen LogP contribution in [0, 0.1) is 13.8 Å². The Balaban J connectivity index is 1.98. The molecule has 2 nitrogen and oxygen atoms in total. The fraction of sp³-hybridized carbons (Fsp3) is 0.733. The maximum Gasteiger partial charge on any atom is 0.0226 e. The van der Waals surface area contributed by atoms with Gasteiger partial charge in [0.2, 0.25) is 0 Å². The third kappa shape index (κ3) is 2.77. The second-order valence-electron chi connectivity index (χ2n) is 5.33. The van der Waals surface area contributed by atoms with Crippen molar-refractivity contribution in [2.75, 3.05) is 6.26 Å². The second kappa shape index (κ2) is 6.16. The third-order valence-electron chi connectivity index (χ3n) is 4.30. The first-order valence-electron chi connectivity index (χ1n) is 7.09. The molecule has 1 heterocycles. The molecule has 0 saturated heterocycles. The highest BCUT2D eigenvalue weighted by molar-refractivity contribution is 7.99. The predicted octanol–water partition coefficient (Wildman–Crippen LogP) is 3.50. The second-order valence-corrected chi connectivity index (χ2v) is 6.41. The lowest BCUT2D eigenvalue weighted by Gasteiger charge is -2.19. The van der Waals surface area contributed by atoms with E-state index in [2.05, 4.69) is 43.0 Å². The van der Waals surface area contributed by atoms with E-state index in [4.69, 9.17) is 0 Å².